The van der Waals surface area contributed by atoms with Crippen LogP contribution in [0, 0.1) is 0 Å². The summed E-state index contributed by atoms with van der Waals surface area (Å²) in [7, 11) is 0. The van der Waals surface area contributed by atoms with E-state index >= 15 is 0 Å². The summed E-state index contributed by atoms with van der Waals surface area (Å²) < 4.78 is 3.40. The van der Waals surface area contributed by atoms with Crippen molar-refractivity contribution in [2.45, 2.75) is 77.0 Å². The molecule has 1 nitrogen and oxygen atoms in total. The SMILES string of the molecule is CCCCCCCCCCCCSC[n+]1cccc(Br)c1.[Cl-]. The predicted octanol–water partition coefficient (Wildman–Crippen LogP) is 3.35. The van der Waals surface area contributed by atoms with Gasteiger partial charge in [0, 0.05) is 6.07 Å². The van der Waals surface area contributed by atoms with E-state index in [-0.39, 0.29) is 12.4 Å². The van der Waals surface area contributed by atoms with Gasteiger partial charge in [0.25, 0.3) is 0 Å². The highest BCUT2D eigenvalue weighted by molar-refractivity contribution is 9.10. The van der Waals surface area contributed by atoms with Crippen LogP contribution in [0.4, 0.5) is 0 Å². The zero-order chi connectivity index (χ0) is 15.2. The lowest BCUT2D eigenvalue weighted by Gasteiger charge is -2.02. The summed E-state index contributed by atoms with van der Waals surface area (Å²) in [5.74, 6) is 2.35. The lowest BCUT2D eigenvalue weighted by atomic mass is 10.1. The van der Waals surface area contributed by atoms with Crippen molar-refractivity contribution >= 4 is 27.7 Å². The Bertz CT molecular complexity index is 363. The second-order valence-corrected chi connectivity index (χ2v) is 7.75. The zero-order valence-electron chi connectivity index (χ0n) is 13.9. The van der Waals surface area contributed by atoms with E-state index in [1.165, 1.54) is 70.0 Å². The number of halogens is 2. The lowest BCUT2D eigenvalue weighted by molar-refractivity contribution is -0.676. The second kappa shape index (κ2) is 16.1. The Morgan fingerprint density at radius 3 is 2.14 bits per heavy atom. The van der Waals surface area contributed by atoms with Crippen LogP contribution < -0.4 is 17.0 Å². The first-order chi connectivity index (χ1) is 10.3. The Kier molecular flexibility index (Phi) is 16.3. The molecular weight excluding hydrogens is 378 g/mol. The molecular formula is C18H31BrClNS. The van der Waals surface area contributed by atoms with Crippen molar-refractivity contribution in [3.05, 3.63) is 29.0 Å². The van der Waals surface area contributed by atoms with Crippen LogP contribution >= 0.6 is 27.7 Å². The van der Waals surface area contributed by atoms with E-state index in [1.807, 2.05) is 11.8 Å². The number of thioether (sulfide) groups is 1. The zero-order valence-corrected chi connectivity index (χ0v) is 17.1. The summed E-state index contributed by atoms with van der Waals surface area (Å²) >= 11 is 5.54. The van der Waals surface area contributed by atoms with Crippen LogP contribution in [-0.2, 0) is 5.88 Å². The minimum Gasteiger partial charge on any atom is -1.00 e. The number of hydrogen-bond donors (Lipinski definition) is 0. The van der Waals surface area contributed by atoms with Crippen LogP contribution in [0.25, 0.3) is 0 Å². The van der Waals surface area contributed by atoms with Crippen molar-refractivity contribution in [3.63, 3.8) is 0 Å². The largest absolute Gasteiger partial charge is 1.00 e. The third kappa shape index (κ3) is 12.8. The molecule has 1 aromatic rings. The summed E-state index contributed by atoms with van der Waals surface area (Å²) in [6.45, 7) is 2.28. The molecule has 0 saturated heterocycles. The Hall–Kier alpha value is 0.270. The summed E-state index contributed by atoms with van der Waals surface area (Å²) in [4.78, 5) is 0. The van der Waals surface area contributed by atoms with E-state index in [0.29, 0.717) is 0 Å². The van der Waals surface area contributed by atoms with Gasteiger partial charge < -0.3 is 12.4 Å². The maximum absolute atomic E-state index is 3.51. The fourth-order valence-corrected chi connectivity index (χ4v) is 3.76. The van der Waals surface area contributed by atoms with E-state index < -0.39 is 0 Å². The van der Waals surface area contributed by atoms with E-state index in [4.69, 9.17) is 0 Å². The average Bonchev–Trinajstić information content (AvgIpc) is 2.48. The topological polar surface area (TPSA) is 3.88 Å². The smallest absolute Gasteiger partial charge is 0.194 e. The molecule has 0 saturated carbocycles. The molecule has 22 heavy (non-hydrogen) atoms. The van der Waals surface area contributed by atoms with Gasteiger partial charge in [-0.1, -0.05) is 76.5 Å². The highest BCUT2D eigenvalue weighted by Gasteiger charge is 2.00. The highest BCUT2D eigenvalue weighted by Crippen LogP contribution is 2.12. The molecule has 0 amide bonds. The third-order valence-corrected chi connectivity index (χ3v) is 5.23. The van der Waals surface area contributed by atoms with Crippen molar-refractivity contribution in [2.75, 3.05) is 5.75 Å². The molecule has 1 aromatic heterocycles. The fourth-order valence-electron chi connectivity index (χ4n) is 2.43. The summed E-state index contributed by atoms with van der Waals surface area (Å²) in [6, 6.07) is 4.16. The second-order valence-electron chi connectivity index (χ2n) is 5.76. The summed E-state index contributed by atoms with van der Waals surface area (Å²) in [5.41, 5.74) is 0. The third-order valence-electron chi connectivity index (χ3n) is 3.70. The molecule has 0 unspecified atom stereocenters. The molecule has 1 rings (SSSR count). The highest BCUT2D eigenvalue weighted by atomic mass is 79.9. The Labute approximate surface area is 156 Å². The maximum Gasteiger partial charge on any atom is 0.194 e. The molecule has 0 aromatic carbocycles. The molecule has 1 heterocycles. The van der Waals surface area contributed by atoms with Crippen molar-refractivity contribution < 1.29 is 17.0 Å². The van der Waals surface area contributed by atoms with Crippen molar-refractivity contribution in [1.82, 2.24) is 0 Å². The van der Waals surface area contributed by atoms with Crippen molar-refractivity contribution in [1.29, 1.82) is 0 Å². The summed E-state index contributed by atoms with van der Waals surface area (Å²) in [5, 5.41) is 0. The van der Waals surface area contributed by atoms with Gasteiger partial charge in [-0.2, -0.15) is 4.57 Å². The number of nitrogens with zero attached hydrogens (tertiary/aromatic N) is 1. The van der Waals surface area contributed by atoms with Gasteiger partial charge in [0.2, 0.25) is 0 Å². The molecule has 0 N–H and O–H groups in total. The lowest BCUT2D eigenvalue weighted by Crippen LogP contribution is -3.00. The van der Waals surface area contributed by atoms with Gasteiger partial charge in [-0.05, 0) is 34.2 Å². The molecule has 0 aliphatic rings. The molecule has 0 bridgehead atoms. The molecule has 0 aliphatic heterocycles. The monoisotopic (exact) mass is 407 g/mol. The number of pyridine rings is 1. The molecule has 0 fully saturated rings. The van der Waals surface area contributed by atoms with Gasteiger partial charge in [-0.25, -0.2) is 0 Å². The first kappa shape index (κ1) is 22.3. The van der Waals surface area contributed by atoms with Crippen LogP contribution in [0.15, 0.2) is 29.0 Å². The van der Waals surface area contributed by atoms with Crippen molar-refractivity contribution in [3.8, 4) is 0 Å². The Morgan fingerprint density at radius 2 is 1.55 bits per heavy atom. The first-order valence-electron chi connectivity index (χ1n) is 8.55. The first-order valence-corrected chi connectivity index (χ1v) is 10.5. The van der Waals surface area contributed by atoms with Gasteiger partial charge in [0.15, 0.2) is 18.3 Å². The van der Waals surface area contributed by atoms with E-state index in [2.05, 4.69) is 51.9 Å². The van der Waals surface area contributed by atoms with Crippen molar-refractivity contribution in [2.24, 2.45) is 0 Å². The van der Waals surface area contributed by atoms with E-state index in [0.717, 1.165) is 10.3 Å². The average molecular weight is 409 g/mol. The Balaban J connectivity index is 0.00000441. The Morgan fingerprint density at radius 1 is 0.955 bits per heavy atom. The standard InChI is InChI=1S/C18H31BrNS.ClH/c1-2-3-4-5-6-7-8-9-10-11-15-21-17-20-14-12-13-18(19)16-20;/h12-14,16H,2-11,15,17H2,1H3;1H/q+1;/p-1. The number of unbranched alkanes of at least 4 members (excludes halogenated alkanes) is 9. The van der Waals surface area contributed by atoms with E-state index in [9.17, 15) is 0 Å². The molecule has 128 valence electrons. The van der Waals surface area contributed by atoms with Crippen LogP contribution in [0.5, 0.6) is 0 Å². The summed E-state index contributed by atoms with van der Waals surface area (Å²) in [6.07, 6.45) is 18.5. The van der Waals surface area contributed by atoms with Crippen LogP contribution in [0.2, 0.25) is 0 Å². The van der Waals surface area contributed by atoms with Gasteiger partial charge in [-0.3, -0.25) is 0 Å². The van der Waals surface area contributed by atoms with Crippen LogP contribution in [0.3, 0.4) is 0 Å². The predicted molar refractivity (Wildman–Crippen MR) is 98.6 cm³/mol. The van der Waals surface area contributed by atoms with Gasteiger partial charge >= 0.3 is 0 Å². The van der Waals surface area contributed by atoms with Crippen LogP contribution in [0.1, 0.15) is 71.1 Å². The molecule has 0 atom stereocenters. The molecule has 0 aliphatic carbocycles. The maximum atomic E-state index is 3.51. The minimum atomic E-state index is 0. The minimum absolute atomic E-state index is 0. The molecule has 4 heteroatoms. The van der Waals surface area contributed by atoms with Gasteiger partial charge in [0.05, 0.1) is 4.47 Å². The van der Waals surface area contributed by atoms with Gasteiger partial charge in [-0.15, -0.1) is 0 Å². The molecule has 0 radical (unpaired) electrons. The number of rotatable bonds is 13. The molecule has 0 spiro atoms. The van der Waals surface area contributed by atoms with Crippen LogP contribution in [-0.4, -0.2) is 5.75 Å². The fraction of sp³-hybridized carbons (Fsp3) is 0.722. The number of aromatic nitrogens is 1. The van der Waals surface area contributed by atoms with Gasteiger partial charge in [0.1, 0.15) is 0 Å². The quantitative estimate of drug-likeness (QED) is 0.357. The van der Waals surface area contributed by atoms with E-state index in [1.54, 1.807) is 0 Å². The number of hydrogen-bond acceptors (Lipinski definition) is 1. The normalized spacial score (nSPS) is 10.5.